The Balaban J connectivity index is 1.99. The molecule has 0 aliphatic heterocycles. The summed E-state index contributed by atoms with van der Waals surface area (Å²) in [5.41, 5.74) is 8.30. The maximum absolute atomic E-state index is 12.2. The number of thioether (sulfide) groups is 1. The Kier molecular flexibility index (Phi) is 4.69. The minimum Gasteiger partial charge on any atom is -0.399 e. The average Bonchev–Trinajstić information content (AvgIpc) is 2.44. The van der Waals surface area contributed by atoms with Crippen LogP contribution in [0.2, 0.25) is 0 Å². The predicted octanol–water partition coefficient (Wildman–Crippen LogP) is 3.70. The Morgan fingerprint density at radius 1 is 1.15 bits per heavy atom. The van der Waals surface area contributed by atoms with Crippen molar-refractivity contribution in [1.82, 2.24) is 0 Å². The molecule has 0 aliphatic rings. The Bertz CT molecular complexity index is 596. The van der Waals surface area contributed by atoms with Crippen LogP contribution in [0.5, 0.6) is 0 Å². The number of aryl methyl sites for hydroxylation is 1. The van der Waals surface area contributed by atoms with Gasteiger partial charge in [-0.1, -0.05) is 18.2 Å². The summed E-state index contributed by atoms with van der Waals surface area (Å²) in [5.74, 6) is 0.00104. The molecule has 1 amide bonds. The molecule has 20 heavy (non-hydrogen) atoms. The first-order chi connectivity index (χ1) is 9.56. The van der Waals surface area contributed by atoms with Gasteiger partial charge in [0, 0.05) is 16.3 Å². The molecule has 3 N–H and O–H groups in total. The summed E-state index contributed by atoms with van der Waals surface area (Å²) in [6.45, 7) is 3.88. The maximum Gasteiger partial charge on any atom is 0.237 e. The number of rotatable bonds is 4. The van der Waals surface area contributed by atoms with Crippen LogP contribution in [-0.4, -0.2) is 11.2 Å². The zero-order chi connectivity index (χ0) is 14.5. The number of hydrogen-bond donors (Lipinski definition) is 2. The number of benzene rings is 2. The summed E-state index contributed by atoms with van der Waals surface area (Å²) in [6.07, 6.45) is 0. The molecule has 0 saturated carbocycles. The second-order valence-electron chi connectivity index (χ2n) is 4.63. The molecule has 0 bridgehead atoms. The Morgan fingerprint density at radius 2 is 1.80 bits per heavy atom. The monoisotopic (exact) mass is 286 g/mol. The molecule has 0 fully saturated rings. The fourth-order valence-electron chi connectivity index (χ4n) is 1.75. The topological polar surface area (TPSA) is 55.1 Å². The van der Waals surface area contributed by atoms with E-state index in [1.165, 1.54) is 11.8 Å². The van der Waals surface area contributed by atoms with E-state index in [9.17, 15) is 4.79 Å². The van der Waals surface area contributed by atoms with Crippen LogP contribution >= 0.6 is 11.8 Å². The Morgan fingerprint density at radius 3 is 2.45 bits per heavy atom. The zero-order valence-corrected chi connectivity index (χ0v) is 12.4. The third kappa shape index (κ3) is 3.78. The van der Waals surface area contributed by atoms with Gasteiger partial charge in [-0.15, -0.1) is 11.8 Å². The van der Waals surface area contributed by atoms with Gasteiger partial charge in [-0.05, 0) is 49.7 Å². The highest BCUT2D eigenvalue weighted by molar-refractivity contribution is 8.00. The highest BCUT2D eigenvalue weighted by Gasteiger charge is 2.15. The number of amides is 1. The smallest absolute Gasteiger partial charge is 0.237 e. The molecule has 2 aromatic carbocycles. The van der Waals surface area contributed by atoms with Crippen molar-refractivity contribution in [3.63, 3.8) is 0 Å². The minimum absolute atomic E-state index is 0.00104. The van der Waals surface area contributed by atoms with E-state index in [0.29, 0.717) is 0 Å². The van der Waals surface area contributed by atoms with E-state index >= 15 is 0 Å². The van der Waals surface area contributed by atoms with Crippen molar-refractivity contribution in [2.45, 2.75) is 24.0 Å². The third-order valence-electron chi connectivity index (χ3n) is 2.97. The second-order valence-corrected chi connectivity index (χ2v) is 6.05. The fourth-order valence-corrected chi connectivity index (χ4v) is 2.62. The van der Waals surface area contributed by atoms with E-state index in [1.54, 1.807) is 0 Å². The van der Waals surface area contributed by atoms with Crippen LogP contribution in [0, 0.1) is 6.92 Å². The number of nitrogens with one attached hydrogen (secondary N) is 1. The first-order valence-corrected chi connectivity index (χ1v) is 7.33. The van der Waals surface area contributed by atoms with Gasteiger partial charge >= 0.3 is 0 Å². The summed E-state index contributed by atoms with van der Waals surface area (Å²) in [7, 11) is 0. The molecule has 0 radical (unpaired) electrons. The normalized spacial score (nSPS) is 11.9. The van der Waals surface area contributed by atoms with E-state index in [-0.39, 0.29) is 11.2 Å². The van der Waals surface area contributed by atoms with E-state index in [2.05, 4.69) is 5.32 Å². The van der Waals surface area contributed by atoms with Gasteiger partial charge in [0.25, 0.3) is 0 Å². The van der Waals surface area contributed by atoms with Gasteiger partial charge in [-0.3, -0.25) is 4.79 Å². The third-order valence-corrected chi connectivity index (χ3v) is 4.08. The van der Waals surface area contributed by atoms with Gasteiger partial charge in [0.2, 0.25) is 5.91 Å². The molecule has 3 nitrogen and oxygen atoms in total. The lowest BCUT2D eigenvalue weighted by Gasteiger charge is -2.13. The van der Waals surface area contributed by atoms with Crippen LogP contribution in [0.1, 0.15) is 12.5 Å². The molecule has 0 aliphatic carbocycles. The van der Waals surface area contributed by atoms with Crippen LogP contribution < -0.4 is 11.1 Å². The van der Waals surface area contributed by atoms with E-state index in [0.717, 1.165) is 21.8 Å². The van der Waals surface area contributed by atoms with Crippen molar-refractivity contribution in [2.75, 3.05) is 11.1 Å². The van der Waals surface area contributed by atoms with Crippen molar-refractivity contribution in [3.05, 3.63) is 54.1 Å². The molecular weight excluding hydrogens is 268 g/mol. The minimum atomic E-state index is -0.168. The first-order valence-electron chi connectivity index (χ1n) is 6.45. The van der Waals surface area contributed by atoms with Crippen molar-refractivity contribution in [1.29, 1.82) is 0 Å². The second kappa shape index (κ2) is 6.48. The highest BCUT2D eigenvalue weighted by Crippen LogP contribution is 2.25. The molecule has 2 rings (SSSR count). The lowest BCUT2D eigenvalue weighted by atomic mass is 10.2. The van der Waals surface area contributed by atoms with Crippen molar-refractivity contribution in [3.8, 4) is 0 Å². The number of anilines is 2. The Hall–Kier alpha value is -1.94. The molecule has 1 atom stereocenters. The molecule has 4 heteroatoms. The van der Waals surface area contributed by atoms with Crippen LogP contribution in [0.3, 0.4) is 0 Å². The number of nitrogens with two attached hydrogens (primary N) is 1. The highest BCUT2D eigenvalue weighted by atomic mass is 32.2. The van der Waals surface area contributed by atoms with Gasteiger partial charge in [-0.2, -0.15) is 0 Å². The van der Waals surface area contributed by atoms with Gasteiger partial charge < -0.3 is 11.1 Å². The van der Waals surface area contributed by atoms with Crippen LogP contribution in [0.15, 0.2) is 53.4 Å². The average molecular weight is 286 g/mol. The van der Waals surface area contributed by atoms with Gasteiger partial charge in [0.1, 0.15) is 0 Å². The van der Waals surface area contributed by atoms with Crippen molar-refractivity contribution >= 4 is 29.0 Å². The Labute approximate surface area is 123 Å². The first kappa shape index (κ1) is 14.5. The molecule has 1 unspecified atom stereocenters. The summed E-state index contributed by atoms with van der Waals surface area (Å²) in [6, 6.07) is 15.3. The fraction of sp³-hybridized carbons (Fsp3) is 0.188. The van der Waals surface area contributed by atoms with Gasteiger partial charge in [-0.25, -0.2) is 0 Å². The van der Waals surface area contributed by atoms with Crippen molar-refractivity contribution in [2.24, 2.45) is 0 Å². The molecule has 104 valence electrons. The van der Waals surface area contributed by atoms with Gasteiger partial charge in [0.05, 0.1) is 5.25 Å². The zero-order valence-electron chi connectivity index (χ0n) is 11.6. The summed E-state index contributed by atoms with van der Waals surface area (Å²) in [5, 5.41) is 2.79. The van der Waals surface area contributed by atoms with Crippen LogP contribution in [0.4, 0.5) is 11.4 Å². The lowest BCUT2D eigenvalue weighted by molar-refractivity contribution is -0.115. The predicted molar refractivity (Wildman–Crippen MR) is 86.0 cm³/mol. The summed E-state index contributed by atoms with van der Waals surface area (Å²) >= 11 is 1.52. The number of para-hydroxylation sites is 1. The largest absolute Gasteiger partial charge is 0.399 e. The molecule has 0 heterocycles. The molecule has 0 spiro atoms. The number of nitrogen functional groups attached to an aromatic ring is 1. The lowest BCUT2D eigenvalue weighted by Crippen LogP contribution is -2.22. The summed E-state index contributed by atoms with van der Waals surface area (Å²) < 4.78 is 0. The summed E-state index contributed by atoms with van der Waals surface area (Å²) in [4.78, 5) is 13.2. The van der Waals surface area contributed by atoms with Crippen LogP contribution in [-0.2, 0) is 4.79 Å². The molecule has 2 aromatic rings. The quantitative estimate of drug-likeness (QED) is 0.665. The SMILES string of the molecule is Cc1ccccc1NC(=O)C(C)Sc1ccc(N)cc1. The number of carbonyl (C=O) groups excluding carboxylic acids is 1. The van der Waals surface area contributed by atoms with E-state index < -0.39 is 0 Å². The molecule has 0 saturated heterocycles. The maximum atomic E-state index is 12.2. The number of carbonyl (C=O) groups is 1. The van der Waals surface area contributed by atoms with Crippen molar-refractivity contribution < 1.29 is 4.79 Å². The standard InChI is InChI=1S/C16H18N2OS/c1-11-5-3-4-6-15(11)18-16(19)12(2)20-14-9-7-13(17)8-10-14/h3-10,12H,17H2,1-2H3,(H,18,19). The molecular formula is C16H18N2OS. The number of hydrogen-bond acceptors (Lipinski definition) is 3. The van der Waals surface area contributed by atoms with E-state index in [1.807, 2.05) is 62.4 Å². The van der Waals surface area contributed by atoms with Crippen LogP contribution in [0.25, 0.3) is 0 Å². The molecule has 0 aromatic heterocycles. The van der Waals surface area contributed by atoms with Gasteiger partial charge in [0.15, 0.2) is 0 Å². The van der Waals surface area contributed by atoms with E-state index in [4.69, 9.17) is 5.73 Å².